The summed E-state index contributed by atoms with van der Waals surface area (Å²) in [4.78, 5) is 5.43. The molecule has 0 saturated heterocycles. The van der Waals surface area contributed by atoms with Crippen LogP contribution in [0, 0.1) is 18.6 Å². The molecule has 0 saturated carbocycles. The van der Waals surface area contributed by atoms with E-state index in [4.69, 9.17) is 4.84 Å². The molecule has 1 N–H and O–H groups in total. The molecule has 0 radical (unpaired) electrons. The predicted octanol–water partition coefficient (Wildman–Crippen LogP) is 3.56. The molecule has 2 aromatic rings. The van der Waals surface area contributed by atoms with Gasteiger partial charge in [-0.15, -0.1) is 0 Å². The molecular formula is C18H18F2N2O. The number of oxime groups is 1. The minimum absolute atomic E-state index is 0.0758. The molecular weight excluding hydrogens is 298 g/mol. The highest BCUT2D eigenvalue weighted by Crippen LogP contribution is 2.19. The first-order valence-corrected chi connectivity index (χ1v) is 7.57. The summed E-state index contributed by atoms with van der Waals surface area (Å²) in [5.41, 5.74) is 3.63. The maximum atomic E-state index is 13.5. The highest BCUT2D eigenvalue weighted by Gasteiger charge is 2.22. The van der Waals surface area contributed by atoms with Crippen LogP contribution in [0.3, 0.4) is 0 Å². The number of rotatable bonds is 5. The molecule has 0 amide bonds. The topological polar surface area (TPSA) is 33.6 Å². The van der Waals surface area contributed by atoms with Crippen molar-refractivity contribution in [3.63, 3.8) is 0 Å². The Morgan fingerprint density at radius 2 is 2.04 bits per heavy atom. The van der Waals surface area contributed by atoms with Gasteiger partial charge in [0.25, 0.3) is 0 Å². The molecule has 23 heavy (non-hydrogen) atoms. The van der Waals surface area contributed by atoms with Gasteiger partial charge in [0, 0.05) is 36.7 Å². The highest BCUT2D eigenvalue weighted by molar-refractivity contribution is 6.02. The Balaban J connectivity index is 1.51. The zero-order valence-corrected chi connectivity index (χ0v) is 12.9. The Labute approximate surface area is 134 Å². The van der Waals surface area contributed by atoms with Crippen LogP contribution >= 0.6 is 0 Å². The smallest absolute Gasteiger partial charge is 0.145 e. The summed E-state index contributed by atoms with van der Waals surface area (Å²) in [5, 5.41) is 7.29. The molecule has 3 rings (SSSR count). The highest BCUT2D eigenvalue weighted by atomic mass is 19.1. The van der Waals surface area contributed by atoms with Crippen LogP contribution in [-0.2, 0) is 11.4 Å². The van der Waals surface area contributed by atoms with Gasteiger partial charge in [-0.05, 0) is 18.6 Å². The average molecular weight is 316 g/mol. The van der Waals surface area contributed by atoms with Crippen LogP contribution in [0.2, 0.25) is 0 Å². The summed E-state index contributed by atoms with van der Waals surface area (Å²) in [6.07, 6.45) is 0.636. The first-order valence-electron chi connectivity index (χ1n) is 7.57. The number of benzene rings is 2. The summed E-state index contributed by atoms with van der Waals surface area (Å²) in [7, 11) is 0. The third-order valence-electron chi connectivity index (χ3n) is 3.89. The van der Waals surface area contributed by atoms with Crippen LogP contribution in [0.25, 0.3) is 0 Å². The van der Waals surface area contributed by atoms with E-state index in [0.717, 1.165) is 22.9 Å². The van der Waals surface area contributed by atoms with E-state index in [1.807, 2.05) is 31.2 Å². The number of aryl methyl sites for hydroxylation is 1. The molecule has 5 heteroatoms. The van der Waals surface area contributed by atoms with Crippen molar-refractivity contribution in [1.29, 1.82) is 0 Å². The maximum Gasteiger partial charge on any atom is 0.145 e. The van der Waals surface area contributed by atoms with Crippen molar-refractivity contribution in [2.45, 2.75) is 26.0 Å². The summed E-state index contributed by atoms with van der Waals surface area (Å²) in [6, 6.07) is 11.6. The van der Waals surface area contributed by atoms with Gasteiger partial charge in [-0.1, -0.05) is 35.5 Å². The van der Waals surface area contributed by atoms with E-state index in [9.17, 15) is 8.78 Å². The van der Waals surface area contributed by atoms with E-state index in [-0.39, 0.29) is 6.10 Å². The largest absolute Gasteiger partial charge is 0.390 e. The summed E-state index contributed by atoms with van der Waals surface area (Å²) in [5.74, 6) is -1.11. The second-order valence-corrected chi connectivity index (χ2v) is 5.65. The van der Waals surface area contributed by atoms with E-state index < -0.39 is 11.6 Å². The van der Waals surface area contributed by atoms with Crippen molar-refractivity contribution in [1.82, 2.24) is 5.32 Å². The fourth-order valence-corrected chi connectivity index (χ4v) is 2.63. The number of nitrogens with zero attached hydrogens (tertiary/aromatic N) is 1. The predicted molar refractivity (Wildman–Crippen MR) is 85.3 cm³/mol. The molecule has 1 aliphatic heterocycles. The van der Waals surface area contributed by atoms with Gasteiger partial charge in [-0.25, -0.2) is 8.78 Å². The van der Waals surface area contributed by atoms with Gasteiger partial charge in [-0.3, -0.25) is 0 Å². The normalized spacial score (nSPS) is 17.0. The molecule has 0 aliphatic carbocycles. The Bertz CT molecular complexity index is 731. The Hall–Kier alpha value is -2.27. The van der Waals surface area contributed by atoms with E-state index in [0.29, 0.717) is 25.1 Å². The molecule has 1 atom stereocenters. The lowest BCUT2D eigenvalue weighted by molar-refractivity contribution is 0.0848. The maximum absolute atomic E-state index is 13.5. The van der Waals surface area contributed by atoms with Crippen molar-refractivity contribution >= 4 is 5.71 Å². The van der Waals surface area contributed by atoms with E-state index in [2.05, 4.69) is 10.5 Å². The molecule has 3 nitrogen and oxygen atoms in total. The van der Waals surface area contributed by atoms with Crippen molar-refractivity contribution in [3.8, 4) is 0 Å². The average Bonchev–Trinajstić information content (AvgIpc) is 2.98. The van der Waals surface area contributed by atoms with Gasteiger partial charge in [-0.2, -0.15) is 0 Å². The first kappa shape index (κ1) is 15.6. The van der Waals surface area contributed by atoms with Crippen molar-refractivity contribution in [3.05, 3.63) is 70.8 Å². The standard InChI is InChI=1S/C18H18F2N2O/c1-12-4-2-3-5-16(12)18-9-15(23-22-18)11-21-10-13-6-7-14(19)8-17(13)20/h2-8,15,21H,9-11H2,1H3. The molecule has 120 valence electrons. The van der Waals surface area contributed by atoms with Crippen LogP contribution in [-0.4, -0.2) is 18.4 Å². The monoisotopic (exact) mass is 316 g/mol. The van der Waals surface area contributed by atoms with Gasteiger partial charge in [0.1, 0.15) is 17.7 Å². The number of hydrogen-bond donors (Lipinski definition) is 1. The molecule has 1 aliphatic rings. The Morgan fingerprint density at radius 3 is 2.83 bits per heavy atom. The summed E-state index contributed by atoms with van der Waals surface area (Å²) in [6.45, 7) is 2.92. The number of nitrogens with one attached hydrogen (secondary N) is 1. The first-order chi connectivity index (χ1) is 11.1. The Kier molecular flexibility index (Phi) is 4.67. The zero-order valence-electron chi connectivity index (χ0n) is 12.9. The summed E-state index contributed by atoms with van der Waals surface area (Å²) >= 11 is 0. The van der Waals surface area contributed by atoms with Gasteiger partial charge < -0.3 is 10.2 Å². The van der Waals surface area contributed by atoms with Crippen LogP contribution in [0.5, 0.6) is 0 Å². The fourth-order valence-electron chi connectivity index (χ4n) is 2.63. The molecule has 2 aromatic carbocycles. The van der Waals surface area contributed by atoms with E-state index in [1.54, 1.807) is 0 Å². The van der Waals surface area contributed by atoms with Gasteiger partial charge in [0.2, 0.25) is 0 Å². The lowest BCUT2D eigenvalue weighted by atomic mass is 10.0. The lowest BCUT2D eigenvalue weighted by Gasteiger charge is -2.10. The molecule has 0 fully saturated rings. The van der Waals surface area contributed by atoms with Crippen LogP contribution in [0.15, 0.2) is 47.6 Å². The van der Waals surface area contributed by atoms with E-state index >= 15 is 0 Å². The van der Waals surface area contributed by atoms with Crippen LogP contribution in [0.4, 0.5) is 8.78 Å². The molecule has 0 spiro atoms. The van der Waals surface area contributed by atoms with Crippen LogP contribution in [0.1, 0.15) is 23.1 Å². The lowest BCUT2D eigenvalue weighted by Crippen LogP contribution is -2.27. The van der Waals surface area contributed by atoms with Crippen LogP contribution < -0.4 is 5.32 Å². The second kappa shape index (κ2) is 6.87. The van der Waals surface area contributed by atoms with Crippen molar-refractivity contribution < 1.29 is 13.6 Å². The van der Waals surface area contributed by atoms with E-state index in [1.165, 1.54) is 12.1 Å². The molecule has 1 unspecified atom stereocenters. The molecule has 0 aromatic heterocycles. The Morgan fingerprint density at radius 1 is 1.22 bits per heavy atom. The van der Waals surface area contributed by atoms with Gasteiger partial charge in [0.15, 0.2) is 0 Å². The molecule has 1 heterocycles. The zero-order chi connectivity index (χ0) is 16.2. The third kappa shape index (κ3) is 3.74. The number of halogens is 2. The summed E-state index contributed by atoms with van der Waals surface area (Å²) < 4.78 is 26.4. The quantitative estimate of drug-likeness (QED) is 0.915. The number of hydrogen-bond acceptors (Lipinski definition) is 3. The second-order valence-electron chi connectivity index (χ2n) is 5.65. The van der Waals surface area contributed by atoms with Crippen molar-refractivity contribution in [2.24, 2.45) is 5.16 Å². The van der Waals surface area contributed by atoms with Crippen molar-refractivity contribution in [2.75, 3.05) is 6.54 Å². The van der Waals surface area contributed by atoms with Gasteiger partial charge in [0.05, 0.1) is 5.71 Å². The minimum Gasteiger partial charge on any atom is -0.390 e. The molecule has 0 bridgehead atoms. The fraction of sp³-hybridized carbons (Fsp3) is 0.278. The third-order valence-corrected chi connectivity index (χ3v) is 3.89. The minimum atomic E-state index is -0.568. The SMILES string of the molecule is Cc1ccccc1C1=NOC(CNCc2ccc(F)cc2F)C1. The van der Waals surface area contributed by atoms with Gasteiger partial charge >= 0.3 is 0 Å².